The number of unbranched alkanes of at least 4 members (excludes halogenated alkanes) is 1. The first-order valence-electron chi connectivity index (χ1n) is 13.4. The number of anilines is 1. The Bertz CT molecular complexity index is 1960. The zero-order valence-electron chi connectivity index (χ0n) is 24.3. The molecule has 4 rings (SSSR count). The van der Waals surface area contributed by atoms with Gasteiger partial charge in [-0.25, -0.2) is 0 Å². The first-order valence-corrected chi connectivity index (χ1v) is 17.0. The summed E-state index contributed by atoms with van der Waals surface area (Å²) >= 11 is 7.35. The molecule has 3 heterocycles. The average Bonchev–Trinajstić information content (AvgIpc) is 3.53. The van der Waals surface area contributed by atoms with Crippen LogP contribution < -0.4 is 21.4 Å². The van der Waals surface area contributed by atoms with Gasteiger partial charge in [0.05, 0.1) is 16.5 Å². The molecule has 3 N–H and O–H groups in total. The van der Waals surface area contributed by atoms with E-state index in [9.17, 15) is 32.7 Å². The Hall–Kier alpha value is -3.64. The van der Waals surface area contributed by atoms with Crippen molar-refractivity contribution in [1.82, 2.24) is 9.47 Å². The zero-order valence-corrected chi connectivity index (χ0v) is 27.6. The van der Waals surface area contributed by atoms with E-state index in [0.29, 0.717) is 24.7 Å². The van der Waals surface area contributed by atoms with E-state index in [4.69, 9.17) is 26.3 Å². The third-order valence-electron chi connectivity index (χ3n) is 6.82. The van der Waals surface area contributed by atoms with Crippen LogP contribution >= 0.6 is 35.7 Å². The van der Waals surface area contributed by atoms with E-state index in [1.165, 1.54) is 17.8 Å². The van der Waals surface area contributed by atoms with Crippen LogP contribution in [0.5, 0.6) is 0 Å². The minimum absolute atomic E-state index is 0.0706. The number of rotatable bonds is 11. The number of thiocarbonyl (C=S) groups is 1. The third-order valence-corrected chi connectivity index (χ3v) is 10.3. The molecule has 0 aliphatic carbocycles. The number of carboxylic acid groups (broad SMARTS) is 2. The lowest BCUT2D eigenvalue weighted by molar-refractivity contribution is -0.140. The molecule has 1 aromatic carbocycles. The lowest BCUT2D eigenvalue weighted by atomic mass is 10.1. The molecule has 1 saturated heterocycles. The maximum Gasteiger partial charge on any atom is 0.323 e. The molecular formula is C28H29N3O10S4. The Morgan fingerprint density at radius 3 is 2.33 bits per heavy atom. The summed E-state index contributed by atoms with van der Waals surface area (Å²) in [5, 5.41) is 19.4. The van der Waals surface area contributed by atoms with Gasteiger partial charge >= 0.3 is 11.9 Å². The molecule has 0 saturated carbocycles. The number of carbonyl (C=O) groups excluding carboxylic acids is 1. The summed E-state index contributed by atoms with van der Waals surface area (Å²) < 4.78 is 37.8. The largest absolute Gasteiger partial charge is 0.480 e. The Kier molecular flexibility index (Phi) is 10.5. The lowest BCUT2D eigenvalue weighted by Crippen LogP contribution is -2.36. The van der Waals surface area contributed by atoms with Gasteiger partial charge in [-0.2, -0.15) is 8.42 Å². The SMILES string of the molecule is CC(/C=C/C=c1\o/c(=C2/SC(=S)N(CC(=O)O)C2=O)n(CC(=O)O)c1=O)=C1\Sc2cc(C)c(C)cc2N1CCCCS(=O)(=O)O. The first-order chi connectivity index (χ1) is 21.1. The molecule has 1 amide bonds. The number of oxazole rings is 1. The Balaban J connectivity index is 1.71. The molecule has 240 valence electrons. The smallest absolute Gasteiger partial charge is 0.323 e. The second kappa shape index (κ2) is 13.8. The van der Waals surface area contributed by atoms with E-state index < -0.39 is 46.6 Å². The number of carbonyl (C=O) groups is 3. The fraction of sp³-hybridized carbons (Fsp3) is 0.321. The summed E-state index contributed by atoms with van der Waals surface area (Å²) in [4.78, 5) is 52.4. The average molecular weight is 696 g/mol. The quantitative estimate of drug-likeness (QED) is 0.176. The van der Waals surface area contributed by atoms with Gasteiger partial charge < -0.3 is 19.5 Å². The lowest BCUT2D eigenvalue weighted by Gasteiger charge is -2.22. The van der Waals surface area contributed by atoms with Crippen LogP contribution in [0.4, 0.5) is 5.69 Å². The van der Waals surface area contributed by atoms with Gasteiger partial charge in [-0.1, -0.05) is 36.1 Å². The summed E-state index contributed by atoms with van der Waals surface area (Å²) in [5.41, 5.74) is 2.59. The van der Waals surface area contributed by atoms with Crippen molar-refractivity contribution in [2.75, 3.05) is 23.7 Å². The van der Waals surface area contributed by atoms with E-state index >= 15 is 0 Å². The summed E-state index contributed by atoms with van der Waals surface area (Å²) in [6.45, 7) is 4.87. The summed E-state index contributed by atoms with van der Waals surface area (Å²) in [6.07, 6.45) is 5.39. The molecule has 13 nitrogen and oxygen atoms in total. The molecule has 0 unspecified atom stereocenters. The van der Waals surface area contributed by atoms with Crippen LogP contribution in [0.2, 0.25) is 0 Å². The molecular weight excluding hydrogens is 667 g/mol. The molecule has 2 aliphatic heterocycles. The topological polar surface area (TPSA) is 188 Å². The molecule has 17 heteroatoms. The van der Waals surface area contributed by atoms with E-state index in [-0.39, 0.29) is 32.4 Å². The highest BCUT2D eigenvalue weighted by Gasteiger charge is 2.36. The highest BCUT2D eigenvalue weighted by atomic mass is 32.2. The molecule has 2 aromatic rings. The number of thioether (sulfide) groups is 2. The minimum atomic E-state index is -4.07. The number of hydrogen-bond donors (Lipinski definition) is 3. The normalized spacial score (nSPS) is 18.0. The van der Waals surface area contributed by atoms with E-state index in [2.05, 4.69) is 17.0 Å². The van der Waals surface area contributed by atoms with E-state index in [0.717, 1.165) is 41.8 Å². The fourth-order valence-electron chi connectivity index (χ4n) is 4.54. The number of allylic oxidation sites excluding steroid dienone is 3. The second-order valence-corrected chi connectivity index (χ2v) is 14.5. The molecule has 1 fully saturated rings. The number of amides is 1. The second-order valence-electron chi connectivity index (χ2n) is 10.2. The van der Waals surface area contributed by atoms with Crippen LogP contribution in [0.1, 0.15) is 30.9 Å². The van der Waals surface area contributed by atoms with Gasteiger partial charge in [-0.3, -0.25) is 33.2 Å². The Morgan fingerprint density at radius 1 is 1.02 bits per heavy atom. The minimum Gasteiger partial charge on any atom is -0.480 e. The maximum atomic E-state index is 13.1. The van der Waals surface area contributed by atoms with Gasteiger partial charge in [-0.15, -0.1) is 0 Å². The van der Waals surface area contributed by atoms with Crippen molar-refractivity contribution in [1.29, 1.82) is 0 Å². The number of fused-ring (bicyclic) bond motifs is 1. The van der Waals surface area contributed by atoms with Crippen LogP contribution in [0.25, 0.3) is 11.0 Å². The van der Waals surface area contributed by atoms with Crippen LogP contribution in [0.15, 0.2) is 49.0 Å². The number of aryl methyl sites for hydroxylation is 2. The fourth-order valence-corrected chi connectivity index (χ4v) is 7.62. The van der Waals surface area contributed by atoms with Gasteiger partial charge in [0.15, 0.2) is 5.42 Å². The van der Waals surface area contributed by atoms with E-state index in [1.807, 2.05) is 20.8 Å². The van der Waals surface area contributed by atoms with Crippen LogP contribution in [0.3, 0.4) is 0 Å². The van der Waals surface area contributed by atoms with Crippen LogP contribution in [-0.4, -0.2) is 73.7 Å². The molecule has 2 aliphatic rings. The number of hydrogen-bond acceptors (Lipinski definition) is 11. The molecule has 1 aromatic heterocycles. The van der Waals surface area contributed by atoms with E-state index in [1.54, 1.807) is 12.2 Å². The highest BCUT2D eigenvalue weighted by Crippen LogP contribution is 2.48. The number of benzene rings is 1. The molecule has 0 radical (unpaired) electrons. The summed E-state index contributed by atoms with van der Waals surface area (Å²) in [6, 6.07) is 4.14. The summed E-state index contributed by atoms with van der Waals surface area (Å²) in [5.74, 6) is -3.81. The molecule has 0 spiro atoms. The van der Waals surface area contributed by atoms with Crippen LogP contribution in [0, 0.1) is 13.8 Å². The predicted molar refractivity (Wildman–Crippen MR) is 174 cm³/mol. The zero-order chi connectivity index (χ0) is 33.2. The van der Waals surface area contributed by atoms with Crippen molar-refractivity contribution in [2.45, 2.75) is 45.1 Å². The van der Waals surface area contributed by atoms with Crippen molar-refractivity contribution >= 4 is 84.7 Å². The Labute approximate surface area is 271 Å². The van der Waals surface area contributed by atoms with Gasteiger partial charge in [0.1, 0.15) is 22.3 Å². The molecule has 0 bridgehead atoms. The van der Waals surface area contributed by atoms with Crippen molar-refractivity contribution in [3.8, 4) is 0 Å². The number of aliphatic carboxylic acids is 2. The maximum absolute atomic E-state index is 13.1. The van der Waals surface area contributed by atoms with Gasteiger partial charge in [0, 0.05) is 11.4 Å². The number of carboxylic acids is 2. The summed E-state index contributed by atoms with van der Waals surface area (Å²) in [7, 11) is -4.07. The number of aromatic nitrogens is 1. The molecule has 45 heavy (non-hydrogen) atoms. The monoisotopic (exact) mass is 695 g/mol. The number of nitrogens with zero attached hydrogens (tertiary/aromatic N) is 3. The standard InChI is InChI=1S/C28H29N3O10S4/c1-15(27-29(9-4-5-10-45(38,39)40)18-11-16(2)17(3)12-20(18)43-27)7-6-8-19-24(36)30(13-21(32)33)26(41-19)23-25(37)31(14-22(34)35)28(42)44-23/h6-8,11-12H,4-5,9-10,13-14H2,1-3H3,(H,32,33)(H,34,35)(H,38,39,40)/b7-6+,19-8-,26-23+,27-15+. The van der Waals surface area contributed by atoms with Gasteiger partial charge in [0.2, 0.25) is 5.55 Å². The highest BCUT2D eigenvalue weighted by molar-refractivity contribution is 8.30. The Morgan fingerprint density at radius 2 is 1.69 bits per heavy atom. The van der Waals surface area contributed by atoms with Crippen molar-refractivity contribution in [3.05, 3.63) is 67.3 Å². The molecule has 0 atom stereocenters. The van der Waals surface area contributed by atoms with Crippen molar-refractivity contribution in [3.63, 3.8) is 0 Å². The van der Waals surface area contributed by atoms with Crippen molar-refractivity contribution in [2.24, 2.45) is 0 Å². The first kappa shape index (κ1) is 34.2. The van der Waals surface area contributed by atoms with Crippen molar-refractivity contribution < 1.29 is 42.0 Å². The predicted octanol–water partition coefficient (Wildman–Crippen LogP) is 2.04. The third kappa shape index (κ3) is 7.96. The van der Waals surface area contributed by atoms with Crippen LogP contribution in [-0.2, 0) is 31.0 Å². The van der Waals surface area contributed by atoms with Gasteiger partial charge in [-0.05, 0) is 80.3 Å². The van der Waals surface area contributed by atoms with Gasteiger partial charge in [0.25, 0.3) is 21.6 Å².